The molecule has 9 heavy (non-hydrogen) atoms. The summed E-state index contributed by atoms with van der Waals surface area (Å²) in [7, 11) is 1.37. The number of hydrogen-bond acceptors (Lipinski definition) is 3. The van der Waals surface area contributed by atoms with Crippen LogP contribution < -0.4 is 0 Å². The quantitative estimate of drug-likeness (QED) is 0.404. The van der Waals surface area contributed by atoms with Crippen molar-refractivity contribution in [2.45, 2.75) is 20.3 Å². The third-order valence-corrected chi connectivity index (χ3v) is 1.01. The van der Waals surface area contributed by atoms with Gasteiger partial charge in [0.2, 0.25) is 0 Å². The van der Waals surface area contributed by atoms with Crippen molar-refractivity contribution in [1.29, 1.82) is 0 Å². The molecule has 0 fully saturated rings. The van der Waals surface area contributed by atoms with E-state index in [1.54, 1.807) is 0 Å². The molecular formula is C5H13O3Si. The van der Waals surface area contributed by atoms with Gasteiger partial charge in [-0.15, -0.1) is 0 Å². The molecule has 0 spiro atoms. The molecule has 0 bridgehead atoms. The van der Waals surface area contributed by atoms with Gasteiger partial charge in [-0.1, -0.05) is 0 Å². The topological polar surface area (TPSA) is 27.7 Å². The Hall–Kier alpha value is 0.0969. The average Bonchev–Trinajstić information content (AvgIpc) is 1.88. The molecule has 0 unspecified atom stereocenters. The van der Waals surface area contributed by atoms with E-state index < -0.39 is 6.48 Å². The van der Waals surface area contributed by atoms with Crippen LogP contribution in [0.5, 0.6) is 0 Å². The van der Waals surface area contributed by atoms with E-state index in [-0.39, 0.29) is 0 Å². The normalized spacial score (nSPS) is 10.7. The van der Waals surface area contributed by atoms with Gasteiger partial charge in [0.05, 0.1) is 0 Å². The molecule has 0 atom stereocenters. The lowest BCUT2D eigenvalue weighted by Crippen LogP contribution is -2.19. The summed E-state index contributed by atoms with van der Waals surface area (Å²) in [5.74, 6) is 0. The number of hydrogen-bond donors (Lipinski definition) is 0. The van der Waals surface area contributed by atoms with Crippen LogP contribution in [0, 0.1) is 0 Å². The molecule has 0 aliphatic rings. The summed E-state index contributed by atoms with van der Waals surface area (Å²) >= 11 is 0. The smallest absolute Gasteiger partial charge is 0.261 e. The average molecular weight is 149 g/mol. The SMILES string of the molecule is CCOC(O[SiH2])OCC. The molecule has 0 aliphatic carbocycles. The van der Waals surface area contributed by atoms with E-state index in [4.69, 9.17) is 13.9 Å². The lowest BCUT2D eigenvalue weighted by molar-refractivity contribution is -0.241. The third-order valence-electron chi connectivity index (χ3n) is 0.742. The van der Waals surface area contributed by atoms with E-state index >= 15 is 0 Å². The molecular weight excluding hydrogens is 136 g/mol. The van der Waals surface area contributed by atoms with Crippen LogP contribution in [0.15, 0.2) is 0 Å². The molecule has 0 aliphatic heterocycles. The Labute approximate surface area is 58.8 Å². The predicted octanol–water partition coefficient (Wildman–Crippen LogP) is -0.0923. The Morgan fingerprint density at radius 1 is 1.22 bits per heavy atom. The zero-order chi connectivity index (χ0) is 7.11. The van der Waals surface area contributed by atoms with Crippen molar-refractivity contribution >= 4 is 10.5 Å². The second-order valence-corrected chi connectivity index (χ2v) is 1.70. The minimum absolute atomic E-state index is 0.474. The van der Waals surface area contributed by atoms with Crippen molar-refractivity contribution in [1.82, 2.24) is 0 Å². The zero-order valence-corrected chi connectivity index (χ0v) is 7.34. The van der Waals surface area contributed by atoms with Crippen molar-refractivity contribution in [3.8, 4) is 0 Å². The van der Waals surface area contributed by atoms with Crippen molar-refractivity contribution < 1.29 is 13.9 Å². The first-order valence-corrected chi connectivity index (χ1v) is 3.56. The zero-order valence-electron chi connectivity index (χ0n) is 5.92. The first-order valence-electron chi connectivity index (χ1n) is 2.99. The van der Waals surface area contributed by atoms with E-state index in [9.17, 15) is 0 Å². The van der Waals surface area contributed by atoms with Crippen LogP contribution in [0.2, 0.25) is 0 Å². The van der Waals surface area contributed by atoms with Crippen molar-refractivity contribution in [2.24, 2.45) is 0 Å². The Kier molecular flexibility index (Phi) is 6.29. The largest absolute Gasteiger partial charge is 0.380 e. The maximum atomic E-state index is 4.99. The highest BCUT2D eigenvalue weighted by atomic mass is 28.2. The fourth-order valence-corrected chi connectivity index (χ4v) is 0.609. The fraction of sp³-hybridized carbons (Fsp3) is 1.00. The van der Waals surface area contributed by atoms with Gasteiger partial charge in [0.15, 0.2) is 10.5 Å². The molecule has 1 radical (unpaired) electrons. The summed E-state index contributed by atoms with van der Waals surface area (Å²) in [6.07, 6.45) is 0. The molecule has 0 aromatic heterocycles. The van der Waals surface area contributed by atoms with Crippen LogP contribution in [0.3, 0.4) is 0 Å². The van der Waals surface area contributed by atoms with Gasteiger partial charge in [-0.05, 0) is 13.8 Å². The molecule has 0 saturated heterocycles. The Bertz CT molecular complexity index is 54.2. The lowest BCUT2D eigenvalue weighted by Gasteiger charge is -2.13. The third kappa shape index (κ3) is 4.59. The Morgan fingerprint density at radius 2 is 1.67 bits per heavy atom. The van der Waals surface area contributed by atoms with Crippen molar-refractivity contribution in [3.05, 3.63) is 0 Å². The minimum atomic E-state index is -0.474. The second-order valence-electron chi connectivity index (χ2n) is 1.37. The van der Waals surface area contributed by atoms with Crippen LogP contribution in [0.25, 0.3) is 0 Å². The monoisotopic (exact) mass is 149 g/mol. The van der Waals surface area contributed by atoms with Gasteiger partial charge in [-0.2, -0.15) is 0 Å². The molecule has 0 aromatic rings. The molecule has 0 saturated carbocycles. The van der Waals surface area contributed by atoms with E-state index in [2.05, 4.69) is 0 Å². The van der Waals surface area contributed by atoms with E-state index in [0.29, 0.717) is 13.2 Å². The van der Waals surface area contributed by atoms with E-state index in [0.717, 1.165) is 0 Å². The standard InChI is InChI=1S/C5H13O3Si/c1-3-6-5(8-9)7-4-2/h5H,3-4,9H2,1-2H3. The van der Waals surface area contributed by atoms with Crippen LogP contribution in [0.1, 0.15) is 13.8 Å². The van der Waals surface area contributed by atoms with E-state index in [1.165, 1.54) is 10.5 Å². The van der Waals surface area contributed by atoms with Gasteiger partial charge in [0.25, 0.3) is 6.48 Å². The van der Waals surface area contributed by atoms with Gasteiger partial charge in [-0.25, -0.2) is 0 Å². The maximum Gasteiger partial charge on any atom is 0.261 e. The van der Waals surface area contributed by atoms with Crippen molar-refractivity contribution in [3.63, 3.8) is 0 Å². The first kappa shape index (κ1) is 9.10. The summed E-state index contributed by atoms with van der Waals surface area (Å²) in [4.78, 5) is 0. The first-order chi connectivity index (χ1) is 4.35. The minimum Gasteiger partial charge on any atom is -0.380 e. The molecule has 4 heteroatoms. The highest BCUT2D eigenvalue weighted by molar-refractivity contribution is 5.97. The fourth-order valence-electron chi connectivity index (χ4n) is 0.417. The molecule has 55 valence electrons. The summed E-state index contributed by atoms with van der Waals surface area (Å²) in [6.45, 7) is 4.55. The Morgan fingerprint density at radius 3 is 1.89 bits per heavy atom. The summed E-state index contributed by atoms with van der Waals surface area (Å²) < 4.78 is 14.8. The van der Waals surface area contributed by atoms with Gasteiger partial charge in [-0.3, -0.25) is 0 Å². The Balaban J connectivity index is 3.18. The summed E-state index contributed by atoms with van der Waals surface area (Å²) in [5.41, 5.74) is 0. The van der Waals surface area contributed by atoms with Crippen molar-refractivity contribution in [2.75, 3.05) is 13.2 Å². The summed E-state index contributed by atoms with van der Waals surface area (Å²) in [5, 5.41) is 0. The van der Waals surface area contributed by atoms with Gasteiger partial charge < -0.3 is 13.9 Å². The lowest BCUT2D eigenvalue weighted by atomic mass is 10.8. The molecule has 0 heterocycles. The van der Waals surface area contributed by atoms with Crippen LogP contribution in [0.4, 0.5) is 0 Å². The molecule has 3 nitrogen and oxygen atoms in total. The number of rotatable bonds is 5. The van der Waals surface area contributed by atoms with Gasteiger partial charge in [0.1, 0.15) is 0 Å². The van der Waals surface area contributed by atoms with Gasteiger partial charge >= 0.3 is 0 Å². The molecule has 0 rings (SSSR count). The van der Waals surface area contributed by atoms with Crippen LogP contribution >= 0.6 is 0 Å². The van der Waals surface area contributed by atoms with Gasteiger partial charge in [0, 0.05) is 13.2 Å². The molecule has 0 amide bonds. The maximum absolute atomic E-state index is 4.99. The molecule has 0 N–H and O–H groups in total. The highest BCUT2D eigenvalue weighted by Crippen LogP contribution is 1.93. The van der Waals surface area contributed by atoms with Crippen LogP contribution in [-0.4, -0.2) is 30.2 Å². The summed E-state index contributed by atoms with van der Waals surface area (Å²) in [6, 6.07) is 0. The number of ether oxygens (including phenoxy) is 2. The molecule has 0 aromatic carbocycles. The van der Waals surface area contributed by atoms with E-state index in [1.807, 2.05) is 13.8 Å². The second kappa shape index (κ2) is 6.22. The van der Waals surface area contributed by atoms with Crippen LogP contribution in [-0.2, 0) is 13.9 Å². The highest BCUT2D eigenvalue weighted by Gasteiger charge is 2.01. The predicted molar refractivity (Wildman–Crippen MR) is 36.7 cm³/mol.